The number of esters is 1. The van der Waals surface area contributed by atoms with Crippen molar-refractivity contribution in [2.24, 2.45) is 0 Å². The van der Waals surface area contributed by atoms with Crippen LogP contribution in [0.3, 0.4) is 0 Å². The van der Waals surface area contributed by atoms with E-state index in [9.17, 15) is 19.8 Å². The monoisotopic (exact) mass is 888 g/mol. The maximum absolute atomic E-state index is 12.4. The number of aliphatic hydroxyl groups excluding tert-OH is 2. The molecule has 0 bridgehead atoms. The van der Waals surface area contributed by atoms with Gasteiger partial charge in [0.1, 0.15) is 0 Å². The Bertz CT molecular complexity index is 982. The Labute approximate surface area is 392 Å². The van der Waals surface area contributed by atoms with Gasteiger partial charge in [-0.15, -0.1) is 0 Å². The fourth-order valence-electron chi connectivity index (χ4n) is 8.69. The molecular weight excluding hydrogens is 779 g/mol. The molecule has 0 aliphatic rings. The summed E-state index contributed by atoms with van der Waals surface area (Å²) in [6.07, 6.45) is 63.1. The predicted octanol–water partition coefficient (Wildman–Crippen LogP) is 17.1. The summed E-state index contributed by atoms with van der Waals surface area (Å²) in [4.78, 5) is 24.5. The Morgan fingerprint density at radius 2 is 0.778 bits per heavy atom. The van der Waals surface area contributed by atoms with Crippen LogP contribution in [0.1, 0.15) is 303 Å². The average Bonchev–Trinajstić information content (AvgIpc) is 3.28. The van der Waals surface area contributed by atoms with E-state index in [1.807, 2.05) is 0 Å². The number of unbranched alkanes of at least 4 members (excludes halogenated alkanes) is 38. The van der Waals surface area contributed by atoms with Crippen molar-refractivity contribution >= 4 is 11.9 Å². The fourth-order valence-corrected chi connectivity index (χ4v) is 8.69. The maximum atomic E-state index is 12.4. The van der Waals surface area contributed by atoms with E-state index in [1.54, 1.807) is 0 Å². The predicted molar refractivity (Wildman–Crippen MR) is 273 cm³/mol. The molecule has 0 spiro atoms. The van der Waals surface area contributed by atoms with Crippen molar-refractivity contribution in [2.75, 3.05) is 13.2 Å². The lowest BCUT2D eigenvalue weighted by molar-refractivity contribution is -0.143. The number of carbonyl (C=O) groups is 2. The molecule has 3 N–H and O–H groups in total. The lowest BCUT2D eigenvalue weighted by Crippen LogP contribution is -2.45. The Morgan fingerprint density at radius 3 is 1.17 bits per heavy atom. The number of carbonyl (C=O) groups excluding carboxylic acids is 2. The molecule has 0 saturated heterocycles. The first-order chi connectivity index (χ1) is 31.0. The largest absolute Gasteiger partial charge is 0.466 e. The second-order valence-electron chi connectivity index (χ2n) is 19.3. The van der Waals surface area contributed by atoms with Gasteiger partial charge >= 0.3 is 5.97 Å². The Kier molecular flexibility index (Phi) is 51.6. The van der Waals surface area contributed by atoms with Crippen LogP contribution in [-0.2, 0) is 14.3 Å². The molecule has 0 heterocycles. The molecule has 0 saturated carbocycles. The van der Waals surface area contributed by atoms with Crippen molar-refractivity contribution in [3.05, 3.63) is 24.3 Å². The number of allylic oxidation sites excluding steroid dienone is 4. The van der Waals surface area contributed by atoms with E-state index in [4.69, 9.17) is 4.74 Å². The molecular formula is C57H109NO5. The Hall–Kier alpha value is -1.66. The normalized spacial score (nSPS) is 12.8. The van der Waals surface area contributed by atoms with Gasteiger partial charge in [-0.1, -0.05) is 256 Å². The van der Waals surface area contributed by atoms with Gasteiger partial charge in [0.2, 0.25) is 5.91 Å². The van der Waals surface area contributed by atoms with Crippen LogP contribution >= 0.6 is 0 Å². The zero-order chi connectivity index (χ0) is 45.8. The van der Waals surface area contributed by atoms with Gasteiger partial charge in [-0.2, -0.15) is 0 Å². The van der Waals surface area contributed by atoms with Gasteiger partial charge in [0, 0.05) is 12.8 Å². The van der Waals surface area contributed by atoms with Crippen LogP contribution in [-0.4, -0.2) is 47.4 Å². The number of hydrogen-bond donors (Lipinski definition) is 3. The van der Waals surface area contributed by atoms with Crippen LogP contribution in [0.25, 0.3) is 0 Å². The van der Waals surface area contributed by atoms with E-state index < -0.39 is 12.1 Å². The minimum absolute atomic E-state index is 0.0176. The summed E-state index contributed by atoms with van der Waals surface area (Å²) in [5, 5.41) is 23.2. The first-order valence-corrected chi connectivity index (χ1v) is 28.1. The molecule has 0 aliphatic carbocycles. The smallest absolute Gasteiger partial charge is 0.305 e. The summed E-state index contributed by atoms with van der Waals surface area (Å²) in [6.45, 7) is 4.91. The van der Waals surface area contributed by atoms with Crippen molar-refractivity contribution in [3.63, 3.8) is 0 Å². The van der Waals surface area contributed by atoms with Crippen molar-refractivity contribution in [3.8, 4) is 0 Å². The van der Waals surface area contributed by atoms with E-state index in [0.717, 1.165) is 77.0 Å². The van der Waals surface area contributed by atoms with Crippen molar-refractivity contribution in [1.29, 1.82) is 0 Å². The molecule has 0 aromatic rings. The minimum atomic E-state index is -0.678. The van der Waals surface area contributed by atoms with Crippen molar-refractivity contribution < 1.29 is 24.5 Å². The Balaban J connectivity index is 3.49. The van der Waals surface area contributed by atoms with Crippen LogP contribution in [0, 0.1) is 0 Å². The second kappa shape index (κ2) is 53.0. The molecule has 1 amide bonds. The highest BCUT2D eigenvalue weighted by Gasteiger charge is 2.20. The van der Waals surface area contributed by atoms with Gasteiger partial charge in [0.15, 0.2) is 0 Å². The zero-order valence-electron chi connectivity index (χ0n) is 42.3. The molecule has 372 valence electrons. The van der Waals surface area contributed by atoms with Gasteiger partial charge in [-0.25, -0.2) is 0 Å². The molecule has 6 heteroatoms. The molecule has 0 aliphatic heterocycles. The van der Waals surface area contributed by atoms with E-state index in [0.29, 0.717) is 25.9 Å². The summed E-state index contributed by atoms with van der Waals surface area (Å²) in [5.41, 5.74) is 0. The highest BCUT2D eigenvalue weighted by atomic mass is 16.5. The second-order valence-corrected chi connectivity index (χ2v) is 19.3. The molecule has 0 radical (unpaired) electrons. The quantitative estimate of drug-likeness (QED) is 0.0321. The van der Waals surface area contributed by atoms with Gasteiger partial charge in [-0.05, 0) is 57.8 Å². The van der Waals surface area contributed by atoms with Gasteiger partial charge in [0.05, 0.1) is 25.4 Å². The van der Waals surface area contributed by atoms with Gasteiger partial charge < -0.3 is 20.3 Å². The highest BCUT2D eigenvalue weighted by molar-refractivity contribution is 5.76. The maximum Gasteiger partial charge on any atom is 0.305 e. The molecule has 63 heavy (non-hydrogen) atoms. The number of rotatable bonds is 52. The van der Waals surface area contributed by atoms with Crippen LogP contribution in [0.2, 0.25) is 0 Å². The van der Waals surface area contributed by atoms with Crippen molar-refractivity contribution in [1.82, 2.24) is 5.32 Å². The van der Waals surface area contributed by atoms with Gasteiger partial charge in [-0.3, -0.25) is 9.59 Å². The van der Waals surface area contributed by atoms with Crippen LogP contribution < -0.4 is 5.32 Å². The molecule has 0 fully saturated rings. The number of amides is 1. The summed E-state index contributed by atoms with van der Waals surface area (Å²) < 4.78 is 5.46. The van der Waals surface area contributed by atoms with E-state index >= 15 is 0 Å². The van der Waals surface area contributed by atoms with E-state index in [2.05, 4.69) is 43.5 Å². The van der Waals surface area contributed by atoms with E-state index in [-0.39, 0.29) is 18.5 Å². The third-order valence-corrected chi connectivity index (χ3v) is 13.0. The number of ether oxygens (including phenoxy) is 1. The Morgan fingerprint density at radius 1 is 0.444 bits per heavy atom. The first-order valence-electron chi connectivity index (χ1n) is 28.1. The fraction of sp³-hybridized carbons (Fsp3) is 0.895. The average molecular weight is 889 g/mol. The summed E-state index contributed by atoms with van der Waals surface area (Å²) in [7, 11) is 0. The standard InChI is InChI=1S/C57H109NO5/c1-3-5-7-9-11-13-15-17-19-20-23-27-31-35-39-43-47-51-57(62)63-52-48-44-40-36-32-28-24-21-22-26-30-34-38-42-46-50-56(61)58-54(53-59)55(60)49-45-41-37-33-29-25-18-16-14-12-10-8-6-4-2/h21,24,28,32,54-55,59-60H,3-20,22-23,25-27,29-31,33-53H2,1-2H3,(H,58,61)/b24-21-,32-28-. The van der Waals surface area contributed by atoms with Crippen LogP contribution in [0.4, 0.5) is 0 Å². The van der Waals surface area contributed by atoms with Crippen LogP contribution in [0.5, 0.6) is 0 Å². The molecule has 0 aromatic heterocycles. The molecule has 0 rings (SSSR count). The molecule has 2 atom stereocenters. The van der Waals surface area contributed by atoms with Crippen molar-refractivity contribution in [2.45, 2.75) is 315 Å². The number of nitrogens with one attached hydrogen (secondary N) is 1. The first kappa shape index (κ1) is 61.3. The summed E-state index contributed by atoms with van der Waals surface area (Å²) in [5.74, 6) is -0.0741. The third-order valence-electron chi connectivity index (χ3n) is 13.0. The van der Waals surface area contributed by atoms with E-state index in [1.165, 1.54) is 193 Å². The topological polar surface area (TPSA) is 95.9 Å². The SMILES string of the molecule is CCCCCCCCCCCCCCCCCCCC(=O)OCCCCC/C=C\C=C/CCCCCCCCC(=O)NC(CO)C(O)CCCCCCCCCCCCCCCC. The zero-order valence-corrected chi connectivity index (χ0v) is 42.3. The number of aliphatic hydroxyl groups is 2. The van der Waals surface area contributed by atoms with Gasteiger partial charge in [0.25, 0.3) is 0 Å². The lowest BCUT2D eigenvalue weighted by atomic mass is 10.0. The molecule has 0 aromatic carbocycles. The molecule has 6 nitrogen and oxygen atoms in total. The summed E-state index contributed by atoms with van der Waals surface area (Å²) in [6, 6.07) is -0.557. The minimum Gasteiger partial charge on any atom is -0.466 e. The third kappa shape index (κ3) is 49.6. The summed E-state index contributed by atoms with van der Waals surface area (Å²) >= 11 is 0. The lowest BCUT2D eigenvalue weighted by Gasteiger charge is -2.22. The highest BCUT2D eigenvalue weighted by Crippen LogP contribution is 2.17. The van der Waals surface area contributed by atoms with Crippen LogP contribution in [0.15, 0.2) is 24.3 Å². The molecule has 2 unspecified atom stereocenters. The number of hydrogen-bond acceptors (Lipinski definition) is 5.